The zero-order chi connectivity index (χ0) is 14.7. The lowest BCUT2D eigenvalue weighted by molar-refractivity contribution is -0.0586. The van der Waals surface area contributed by atoms with Crippen molar-refractivity contribution in [3.63, 3.8) is 0 Å². The SMILES string of the molecule is CC1CN(C(=O)c2ccc(/C(N)=N/O)cc2)CC(C)O1. The topological polar surface area (TPSA) is 88.2 Å². The van der Waals surface area contributed by atoms with Crippen molar-refractivity contribution in [2.24, 2.45) is 10.9 Å². The van der Waals surface area contributed by atoms with Crippen LogP contribution in [0.2, 0.25) is 0 Å². The van der Waals surface area contributed by atoms with Crippen molar-refractivity contribution < 1.29 is 14.7 Å². The van der Waals surface area contributed by atoms with E-state index in [2.05, 4.69) is 5.16 Å². The van der Waals surface area contributed by atoms with Crippen LogP contribution in [0.15, 0.2) is 29.4 Å². The summed E-state index contributed by atoms with van der Waals surface area (Å²) < 4.78 is 5.61. The summed E-state index contributed by atoms with van der Waals surface area (Å²) in [4.78, 5) is 14.2. The molecule has 0 spiro atoms. The van der Waals surface area contributed by atoms with Crippen molar-refractivity contribution in [3.8, 4) is 0 Å². The molecule has 0 aromatic heterocycles. The van der Waals surface area contributed by atoms with E-state index in [1.807, 2.05) is 13.8 Å². The molecule has 2 unspecified atom stereocenters. The molecule has 1 aliphatic rings. The minimum absolute atomic E-state index is 0.0256. The van der Waals surface area contributed by atoms with Crippen molar-refractivity contribution in [3.05, 3.63) is 35.4 Å². The number of rotatable bonds is 2. The third kappa shape index (κ3) is 3.08. The molecule has 3 N–H and O–H groups in total. The van der Waals surface area contributed by atoms with Crippen LogP contribution in [0.1, 0.15) is 29.8 Å². The highest BCUT2D eigenvalue weighted by Gasteiger charge is 2.26. The van der Waals surface area contributed by atoms with Crippen LogP contribution >= 0.6 is 0 Å². The number of oxime groups is 1. The summed E-state index contributed by atoms with van der Waals surface area (Å²) in [7, 11) is 0. The van der Waals surface area contributed by atoms with E-state index in [0.29, 0.717) is 24.2 Å². The first-order valence-corrected chi connectivity index (χ1v) is 6.54. The molecule has 1 aliphatic heterocycles. The maximum Gasteiger partial charge on any atom is 0.254 e. The van der Waals surface area contributed by atoms with Crippen LogP contribution in [0.5, 0.6) is 0 Å². The standard InChI is InChI=1S/C14H19N3O3/c1-9-7-17(8-10(2)20-9)14(18)12-5-3-11(4-6-12)13(15)16-19/h3-6,9-10,19H,7-8H2,1-2H3,(H2,15,16). The molecule has 0 radical (unpaired) electrons. The Morgan fingerprint density at radius 1 is 1.25 bits per heavy atom. The first-order chi connectivity index (χ1) is 9.51. The molecule has 6 heteroatoms. The molecule has 0 aliphatic carbocycles. The molecule has 2 rings (SSSR count). The van der Waals surface area contributed by atoms with Crippen LogP contribution in [0, 0.1) is 0 Å². The molecule has 1 heterocycles. The lowest BCUT2D eigenvalue weighted by Gasteiger charge is -2.35. The zero-order valence-electron chi connectivity index (χ0n) is 11.6. The molecule has 1 fully saturated rings. The average molecular weight is 277 g/mol. The van der Waals surface area contributed by atoms with Gasteiger partial charge in [-0.25, -0.2) is 0 Å². The first-order valence-electron chi connectivity index (χ1n) is 6.54. The van der Waals surface area contributed by atoms with Crippen LogP contribution in [0.4, 0.5) is 0 Å². The minimum atomic E-state index is -0.0296. The van der Waals surface area contributed by atoms with E-state index in [9.17, 15) is 4.79 Å². The van der Waals surface area contributed by atoms with Gasteiger partial charge in [-0.2, -0.15) is 0 Å². The largest absolute Gasteiger partial charge is 0.409 e. The van der Waals surface area contributed by atoms with Crippen LogP contribution < -0.4 is 5.73 Å². The van der Waals surface area contributed by atoms with E-state index in [-0.39, 0.29) is 24.0 Å². The quantitative estimate of drug-likeness (QED) is 0.366. The zero-order valence-corrected chi connectivity index (χ0v) is 11.6. The number of morpholine rings is 1. The normalized spacial score (nSPS) is 23.7. The van der Waals surface area contributed by atoms with E-state index in [1.165, 1.54) is 0 Å². The fraction of sp³-hybridized carbons (Fsp3) is 0.429. The lowest BCUT2D eigenvalue weighted by atomic mass is 10.1. The highest BCUT2D eigenvalue weighted by atomic mass is 16.5. The van der Waals surface area contributed by atoms with Gasteiger partial charge in [0.1, 0.15) is 0 Å². The van der Waals surface area contributed by atoms with Gasteiger partial charge in [-0.05, 0) is 26.0 Å². The number of hydrogen-bond donors (Lipinski definition) is 2. The Balaban J connectivity index is 2.13. The van der Waals surface area contributed by atoms with E-state index in [4.69, 9.17) is 15.7 Å². The van der Waals surface area contributed by atoms with Crippen molar-refractivity contribution in [1.82, 2.24) is 4.90 Å². The van der Waals surface area contributed by atoms with Gasteiger partial charge in [-0.1, -0.05) is 17.3 Å². The summed E-state index contributed by atoms with van der Waals surface area (Å²) in [5, 5.41) is 11.5. The van der Waals surface area contributed by atoms with Crippen molar-refractivity contribution in [1.29, 1.82) is 0 Å². The van der Waals surface area contributed by atoms with Crippen molar-refractivity contribution in [2.75, 3.05) is 13.1 Å². The van der Waals surface area contributed by atoms with Gasteiger partial charge in [-0.3, -0.25) is 4.79 Å². The maximum atomic E-state index is 12.4. The Hall–Kier alpha value is -2.08. The minimum Gasteiger partial charge on any atom is -0.409 e. The smallest absolute Gasteiger partial charge is 0.254 e. The molecule has 1 saturated heterocycles. The number of nitrogens with zero attached hydrogens (tertiary/aromatic N) is 2. The number of amidine groups is 1. The van der Waals surface area contributed by atoms with Crippen LogP contribution in [0.3, 0.4) is 0 Å². The second-order valence-corrected chi connectivity index (χ2v) is 5.03. The summed E-state index contributed by atoms with van der Waals surface area (Å²) in [6, 6.07) is 6.69. The maximum absolute atomic E-state index is 12.4. The highest BCUT2D eigenvalue weighted by molar-refractivity contribution is 5.99. The van der Waals surface area contributed by atoms with Crippen LogP contribution in [-0.2, 0) is 4.74 Å². The lowest BCUT2D eigenvalue weighted by Crippen LogP contribution is -2.48. The molecule has 0 saturated carbocycles. The summed E-state index contributed by atoms with van der Waals surface area (Å²) in [5.41, 5.74) is 6.65. The summed E-state index contributed by atoms with van der Waals surface area (Å²) in [6.45, 7) is 5.09. The number of nitrogens with two attached hydrogens (primary N) is 1. The number of carbonyl (C=O) groups excluding carboxylic acids is 1. The van der Waals surface area contributed by atoms with Crippen molar-refractivity contribution in [2.45, 2.75) is 26.1 Å². The summed E-state index contributed by atoms with van der Waals surface area (Å²) >= 11 is 0. The van der Waals surface area contributed by atoms with Gasteiger partial charge < -0.3 is 20.6 Å². The molecule has 2 atom stereocenters. The Bertz CT molecular complexity index is 503. The highest BCUT2D eigenvalue weighted by Crippen LogP contribution is 2.15. The Morgan fingerprint density at radius 2 is 1.75 bits per heavy atom. The predicted molar refractivity (Wildman–Crippen MR) is 74.9 cm³/mol. The molecule has 1 aromatic rings. The second kappa shape index (κ2) is 5.92. The first kappa shape index (κ1) is 14.3. The van der Waals surface area contributed by atoms with Gasteiger partial charge in [0.05, 0.1) is 12.2 Å². The molecular formula is C14H19N3O3. The van der Waals surface area contributed by atoms with Gasteiger partial charge in [-0.15, -0.1) is 0 Å². The summed E-state index contributed by atoms with van der Waals surface area (Å²) in [5.74, 6) is -0.00400. The van der Waals surface area contributed by atoms with E-state index >= 15 is 0 Å². The molecular weight excluding hydrogens is 258 g/mol. The van der Waals surface area contributed by atoms with Gasteiger partial charge in [0, 0.05) is 24.2 Å². The molecule has 1 aromatic carbocycles. The van der Waals surface area contributed by atoms with Gasteiger partial charge >= 0.3 is 0 Å². The Kier molecular flexibility index (Phi) is 4.24. The Morgan fingerprint density at radius 3 is 2.25 bits per heavy atom. The predicted octanol–water partition coefficient (Wildman–Crippen LogP) is 1.03. The Labute approximate surface area is 117 Å². The third-order valence-corrected chi connectivity index (χ3v) is 3.24. The van der Waals surface area contributed by atoms with E-state index in [1.54, 1.807) is 29.2 Å². The molecule has 6 nitrogen and oxygen atoms in total. The van der Waals surface area contributed by atoms with E-state index < -0.39 is 0 Å². The van der Waals surface area contributed by atoms with E-state index in [0.717, 1.165) is 0 Å². The number of amides is 1. The molecule has 1 amide bonds. The van der Waals surface area contributed by atoms with Gasteiger partial charge in [0.25, 0.3) is 5.91 Å². The fourth-order valence-electron chi connectivity index (χ4n) is 2.37. The van der Waals surface area contributed by atoms with Crippen LogP contribution in [0.25, 0.3) is 0 Å². The number of ether oxygens (including phenoxy) is 1. The monoisotopic (exact) mass is 277 g/mol. The summed E-state index contributed by atoms with van der Waals surface area (Å²) in [6.07, 6.45) is 0.0817. The second-order valence-electron chi connectivity index (χ2n) is 5.03. The fourth-order valence-corrected chi connectivity index (χ4v) is 2.37. The van der Waals surface area contributed by atoms with Gasteiger partial charge in [0.15, 0.2) is 5.84 Å². The molecule has 0 bridgehead atoms. The van der Waals surface area contributed by atoms with Gasteiger partial charge in [0.2, 0.25) is 0 Å². The number of carbonyl (C=O) groups is 1. The van der Waals surface area contributed by atoms with Crippen LogP contribution in [-0.4, -0.2) is 47.1 Å². The third-order valence-electron chi connectivity index (χ3n) is 3.24. The van der Waals surface area contributed by atoms with Crippen molar-refractivity contribution >= 4 is 11.7 Å². The number of hydrogen-bond acceptors (Lipinski definition) is 4. The molecule has 20 heavy (non-hydrogen) atoms. The molecule has 108 valence electrons. The number of benzene rings is 1. The average Bonchev–Trinajstić information content (AvgIpc) is 2.45.